The molecule has 1 rings (SSSR count). The summed E-state index contributed by atoms with van der Waals surface area (Å²) >= 11 is 0. The predicted octanol–water partition coefficient (Wildman–Crippen LogP) is 2.03. The molecule has 76 valence electrons. The van der Waals surface area contributed by atoms with E-state index in [4.69, 9.17) is 5.73 Å². The van der Waals surface area contributed by atoms with E-state index in [1.165, 1.54) is 0 Å². The summed E-state index contributed by atoms with van der Waals surface area (Å²) in [5.74, 6) is 0.0330. The van der Waals surface area contributed by atoms with Crippen LogP contribution < -0.4 is 10.6 Å². The first-order valence-electron chi connectivity index (χ1n) is 4.67. The number of nitrogen functional groups attached to an aromatic ring is 1. The lowest BCUT2D eigenvalue weighted by atomic mass is 10.2. The summed E-state index contributed by atoms with van der Waals surface area (Å²) in [7, 11) is 0. The quantitative estimate of drug-likeness (QED) is 0.729. The van der Waals surface area contributed by atoms with Gasteiger partial charge in [-0.1, -0.05) is 6.07 Å². The third kappa shape index (κ3) is 2.25. The van der Waals surface area contributed by atoms with Gasteiger partial charge in [0.1, 0.15) is 0 Å². The van der Waals surface area contributed by atoms with Crippen LogP contribution in [0.15, 0.2) is 24.3 Å². The number of hydrogen-bond acceptors (Lipinski definition) is 2. The molecule has 0 spiro atoms. The smallest absolute Gasteiger partial charge is 0.224 e. The highest BCUT2D eigenvalue weighted by Crippen LogP contribution is 2.19. The highest BCUT2D eigenvalue weighted by Gasteiger charge is 2.14. The number of nitrogens with two attached hydrogens (primary N) is 1. The zero-order valence-corrected chi connectivity index (χ0v) is 8.82. The molecular weight excluding hydrogens is 176 g/mol. The highest BCUT2D eigenvalue weighted by molar-refractivity contribution is 5.92. The van der Waals surface area contributed by atoms with E-state index in [0.29, 0.717) is 5.69 Å². The van der Waals surface area contributed by atoms with Gasteiger partial charge < -0.3 is 10.6 Å². The topological polar surface area (TPSA) is 46.3 Å². The first-order chi connectivity index (χ1) is 6.52. The van der Waals surface area contributed by atoms with E-state index in [1.807, 2.05) is 32.0 Å². The summed E-state index contributed by atoms with van der Waals surface area (Å²) in [5.41, 5.74) is 7.19. The van der Waals surface area contributed by atoms with Gasteiger partial charge in [-0.25, -0.2) is 0 Å². The number of anilines is 2. The maximum atomic E-state index is 11.4. The Morgan fingerprint density at radius 1 is 1.43 bits per heavy atom. The maximum absolute atomic E-state index is 11.4. The first-order valence-corrected chi connectivity index (χ1v) is 4.67. The van der Waals surface area contributed by atoms with Gasteiger partial charge in [-0.15, -0.1) is 0 Å². The molecule has 0 aliphatic rings. The molecule has 0 radical (unpaired) electrons. The van der Waals surface area contributed by atoms with Crippen LogP contribution in [0.5, 0.6) is 0 Å². The van der Waals surface area contributed by atoms with Crippen molar-refractivity contribution in [1.82, 2.24) is 0 Å². The second-order valence-electron chi connectivity index (χ2n) is 3.58. The van der Waals surface area contributed by atoms with E-state index in [1.54, 1.807) is 17.9 Å². The largest absolute Gasteiger partial charge is 0.399 e. The van der Waals surface area contributed by atoms with Gasteiger partial charge >= 0.3 is 0 Å². The van der Waals surface area contributed by atoms with Crippen molar-refractivity contribution in [1.29, 1.82) is 0 Å². The van der Waals surface area contributed by atoms with Gasteiger partial charge in [0.25, 0.3) is 0 Å². The molecule has 1 amide bonds. The molecule has 0 fully saturated rings. The molecule has 0 heterocycles. The van der Waals surface area contributed by atoms with Gasteiger partial charge in [0, 0.05) is 24.3 Å². The van der Waals surface area contributed by atoms with Crippen LogP contribution >= 0.6 is 0 Å². The first kappa shape index (κ1) is 10.6. The van der Waals surface area contributed by atoms with Crippen molar-refractivity contribution in [3.63, 3.8) is 0 Å². The van der Waals surface area contributed by atoms with Gasteiger partial charge in [0.15, 0.2) is 0 Å². The lowest BCUT2D eigenvalue weighted by molar-refractivity contribution is -0.116. The second-order valence-corrected chi connectivity index (χ2v) is 3.58. The summed E-state index contributed by atoms with van der Waals surface area (Å²) in [5, 5.41) is 0. The minimum atomic E-state index is 0.0330. The lowest BCUT2D eigenvalue weighted by Gasteiger charge is -2.25. The molecule has 0 atom stereocenters. The van der Waals surface area contributed by atoms with Gasteiger partial charge in [0.2, 0.25) is 5.91 Å². The summed E-state index contributed by atoms with van der Waals surface area (Å²) in [6.07, 6.45) is 0. The van der Waals surface area contributed by atoms with Crippen LogP contribution in [0, 0.1) is 0 Å². The number of hydrogen-bond donors (Lipinski definition) is 1. The van der Waals surface area contributed by atoms with Gasteiger partial charge in [-0.3, -0.25) is 4.79 Å². The van der Waals surface area contributed by atoms with E-state index in [9.17, 15) is 4.79 Å². The number of benzene rings is 1. The second kappa shape index (κ2) is 4.13. The number of amides is 1. The average Bonchev–Trinajstić information content (AvgIpc) is 2.02. The standard InChI is InChI=1S/C11H16N2O/c1-8(2)13(9(3)14)11-6-4-5-10(12)7-11/h4-8H,12H2,1-3H3. The SMILES string of the molecule is CC(=O)N(c1cccc(N)c1)C(C)C. The van der Waals surface area contributed by atoms with E-state index in [2.05, 4.69) is 0 Å². The Labute approximate surface area is 84.5 Å². The summed E-state index contributed by atoms with van der Waals surface area (Å²) in [6, 6.07) is 7.50. The highest BCUT2D eigenvalue weighted by atomic mass is 16.2. The minimum Gasteiger partial charge on any atom is -0.399 e. The van der Waals surface area contributed by atoms with Crippen LogP contribution in [-0.4, -0.2) is 11.9 Å². The Bertz CT molecular complexity index is 334. The van der Waals surface area contributed by atoms with E-state index in [-0.39, 0.29) is 11.9 Å². The number of rotatable bonds is 2. The molecule has 0 bridgehead atoms. The van der Waals surface area contributed by atoms with Crippen LogP contribution in [0.1, 0.15) is 20.8 Å². The van der Waals surface area contributed by atoms with Crippen molar-refractivity contribution in [2.75, 3.05) is 10.6 Å². The summed E-state index contributed by atoms with van der Waals surface area (Å²) in [4.78, 5) is 13.1. The molecule has 1 aromatic carbocycles. The number of carbonyl (C=O) groups is 1. The zero-order chi connectivity index (χ0) is 10.7. The van der Waals surface area contributed by atoms with Crippen LogP contribution in [0.25, 0.3) is 0 Å². The van der Waals surface area contributed by atoms with Gasteiger partial charge in [-0.2, -0.15) is 0 Å². The fraction of sp³-hybridized carbons (Fsp3) is 0.364. The Hall–Kier alpha value is -1.51. The summed E-state index contributed by atoms with van der Waals surface area (Å²) < 4.78 is 0. The van der Waals surface area contributed by atoms with Crippen molar-refractivity contribution in [3.05, 3.63) is 24.3 Å². The van der Waals surface area contributed by atoms with Crippen molar-refractivity contribution < 1.29 is 4.79 Å². The van der Waals surface area contributed by atoms with Crippen LogP contribution in [0.2, 0.25) is 0 Å². The fourth-order valence-corrected chi connectivity index (χ4v) is 1.52. The van der Waals surface area contributed by atoms with Gasteiger partial charge in [-0.05, 0) is 32.0 Å². The molecule has 0 aliphatic carbocycles. The van der Waals surface area contributed by atoms with E-state index in [0.717, 1.165) is 5.69 Å². The third-order valence-corrected chi connectivity index (χ3v) is 2.00. The Morgan fingerprint density at radius 2 is 2.07 bits per heavy atom. The predicted molar refractivity (Wildman–Crippen MR) is 59.2 cm³/mol. The molecule has 0 aliphatic heterocycles. The van der Waals surface area contributed by atoms with Crippen molar-refractivity contribution in [3.8, 4) is 0 Å². The fourth-order valence-electron chi connectivity index (χ4n) is 1.52. The van der Waals surface area contributed by atoms with Crippen LogP contribution in [0.4, 0.5) is 11.4 Å². The monoisotopic (exact) mass is 192 g/mol. The normalized spacial score (nSPS) is 10.3. The summed E-state index contributed by atoms with van der Waals surface area (Å²) in [6.45, 7) is 5.51. The van der Waals surface area contributed by atoms with Gasteiger partial charge in [0.05, 0.1) is 0 Å². The molecule has 3 nitrogen and oxygen atoms in total. The molecule has 14 heavy (non-hydrogen) atoms. The molecule has 0 saturated carbocycles. The van der Waals surface area contributed by atoms with Crippen LogP contribution in [0.3, 0.4) is 0 Å². The van der Waals surface area contributed by atoms with E-state index >= 15 is 0 Å². The molecule has 0 aromatic heterocycles. The zero-order valence-electron chi connectivity index (χ0n) is 8.82. The van der Waals surface area contributed by atoms with Crippen LogP contribution in [-0.2, 0) is 4.79 Å². The Morgan fingerprint density at radius 3 is 2.50 bits per heavy atom. The molecule has 2 N–H and O–H groups in total. The molecule has 0 saturated heterocycles. The Balaban J connectivity index is 3.05. The molecule has 1 aromatic rings. The maximum Gasteiger partial charge on any atom is 0.224 e. The third-order valence-electron chi connectivity index (χ3n) is 2.00. The van der Waals surface area contributed by atoms with Crippen molar-refractivity contribution in [2.45, 2.75) is 26.8 Å². The molecule has 0 unspecified atom stereocenters. The average molecular weight is 192 g/mol. The van der Waals surface area contributed by atoms with E-state index < -0.39 is 0 Å². The Kier molecular flexibility index (Phi) is 3.12. The molecule has 3 heteroatoms. The van der Waals surface area contributed by atoms with Crippen molar-refractivity contribution in [2.24, 2.45) is 0 Å². The number of carbonyl (C=O) groups excluding carboxylic acids is 1. The lowest BCUT2D eigenvalue weighted by Crippen LogP contribution is -2.35. The number of nitrogens with zero attached hydrogens (tertiary/aromatic N) is 1. The minimum absolute atomic E-state index is 0.0330. The van der Waals surface area contributed by atoms with Crippen molar-refractivity contribution >= 4 is 17.3 Å². The molecular formula is C11H16N2O.